The third kappa shape index (κ3) is 3.54. The molecule has 2 rings (SSSR count). The summed E-state index contributed by atoms with van der Waals surface area (Å²) < 4.78 is 1.21. The Hall–Kier alpha value is -2.74. The third-order valence-electron chi connectivity index (χ3n) is 3.45. The summed E-state index contributed by atoms with van der Waals surface area (Å²) in [6.45, 7) is 1.59. The van der Waals surface area contributed by atoms with Crippen molar-refractivity contribution in [2.75, 3.05) is 13.2 Å². The van der Waals surface area contributed by atoms with E-state index in [9.17, 15) is 20.0 Å². The number of aliphatic hydroxyl groups is 1. The van der Waals surface area contributed by atoms with Crippen molar-refractivity contribution >= 4 is 11.6 Å². The Morgan fingerprint density at radius 1 is 1.39 bits per heavy atom. The molecule has 0 saturated carbocycles. The molecular formula is C15H18N4O4. The first kappa shape index (κ1) is 16.6. The van der Waals surface area contributed by atoms with Crippen molar-refractivity contribution in [1.82, 2.24) is 14.7 Å². The number of aryl methyl sites for hydroxylation is 2. The monoisotopic (exact) mass is 318 g/mol. The second-order valence-corrected chi connectivity index (χ2v) is 5.10. The minimum Gasteiger partial charge on any atom is -0.395 e. The average Bonchev–Trinajstić information content (AvgIpc) is 2.81. The van der Waals surface area contributed by atoms with Gasteiger partial charge in [-0.25, -0.2) is 0 Å². The molecule has 0 aliphatic carbocycles. The smallest absolute Gasteiger partial charge is 0.322 e. The molecule has 0 bridgehead atoms. The van der Waals surface area contributed by atoms with Crippen LogP contribution < -0.4 is 0 Å². The van der Waals surface area contributed by atoms with Gasteiger partial charge >= 0.3 is 5.69 Å². The number of hydrogen-bond acceptors (Lipinski definition) is 5. The predicted octanol–water partition coefficient (Wildman–Crippen LogP) is 1.27. The summed E-state index contributed by atoms with van der Waals surface area (Å²) in [5.41, 5.74) is 0.672. The largest absolute Gasteiger partial charge is 0.395 e. The number of aliphatic hydroxyl groups excluding tert-OH is 1. The fourth-order valence-electron chi connectivity index (χ4n) is 2.43. The summed E-state index contributed by atoms with van der Waals surface area (Å²) in [4.78, 5) is 24.8. The van der Waals surface area contributed by atoms with Gasteiger partial charge in [-0.05, 0) is 12.5 Å². The van der Waals surface area contributed by atoms with Gasteiger partial charge in [-0.15, -0.1) is 0 Å². The minimum atomic E-state index is -0.602. The van der Waals surface area contributed by atoms with Gasteiger partial charge in [0.05, 0.1) is 11.5 Å². The molecule has 1 N–H and O–H groups in total. The second-order valence-electron chi connectivity index (χ2n) is 5.10. The third-order valence-corrected chi connectivity index (χ3v) is 3.45. The summed E-state index contributed by atoms with van der Waals surface area (Å²) in [6, 6.07) is 9.24. The lowest BCUT2D eigenvalue weighted by Crippen LogP contribution is -2.34. The maximum absolute atomic E-state index is 12.7. The van der Waals surface area contributed by atoms with Crippen LogP contribution in [0.4, 0.5) is 5.69 Å². The van der Waals surface area contributed by atoms with Crippen LogP contribution in [0.5, 0.6) is 0 Å². The Morgan fingerprint density at radius 2 is 2.04 bits per heavy atom. The van der Waals surface area contributed by atoms with Gasteiger partial charge in [0.15, 0.2) is 0 Å². The Morgan fingerprint density at radius 3 is 2.61 bits per heavy atom. The first-order chi connectivity index (χ1) is 11.0. The summed E-state index contributed by atoms with van der Waals surface area (Å²) >= 11 is 0. The number of rotatable bonds is 6. The van der Waals surface area contributed by atoms with Crippen molar-refractivity contribution in [2.24, 2.45) is 7.05 Å². The lowest BCUT2D eigenvalue weighted by molar-refractivity contribution is -0.385. The topological polar surface area (TPSA) is 102 Å². The van der Waals surface area contributed by atoms with Crippen LogP contribution in [0, 0.1) is 17.0 Å². The van der Waals surface area contributed by atoms with E-state index in [0.29, 0.717) is 0 Å². The van der Waals surface area contributed by atoms with E-state index in [-0.39, 0.29) is 36.8 Å². The maximum Gasteiger partial charge on any atom is 0.322 e. The van der Waals surface area contributed by atoms with Crippen LogP contribution in [0.15, 0.2) is 30.3 Å². The van der Waals surface area contributed by atoms with E-state index in [0.717, 1.165) is 5.56 Å². The van der Waals surface area contributed by atoms with E-state index >= 15 is 0 Å². The van der Waals surface area contributed by atoms with Crippen molar-refractivity contribution in [2.45, 2.75) is 13.5 Å². The van der Waals surface area contributed by atoms with Gasteiger partial charge in [0.2, 0.25) is 5.69 Å². The van der Waals surface area contributed by atoms with E-state index in [2.05, 4.69) is 5.10 Å². The van der Waals surface area contributed by atoms with E-state index in [1.165, 1.54) is 23.6 Å². The molecule has 0 saturated heterocycles. The molecule has 0 unspecified atom stereocenters. The Kier molecular flexibility index (Phi) is 5.07. The zero-order valence-corrected chi connectivity index (χ0v) is 13.0. The molecule has 122 valence electrons. The molecule has 8 nitrogen and oxygen atoms in total. The molecule has 8 heteroatoms. The quantitative estimate of drug-likeness (QED) is 0.638. The van der Waals surface area contributed by atoms with Gasteiger partial charge in [0.25, 0.3) is 5.91 Å². The maximum atomic E-state index is 12.7. The van der Waals surface area contributed by atoms with Crippen molar-refractivity contribution in [1.29, 1.82) is 0 Å². The summed E-state index contributed by atoms with van der Waals surface area (Å²) in [5, 5.41) is 24.4. The number of carbonyl (C=O) groups excluding carboxylic acids is 1. The van der Waals surface area contributed by atoms with Gasteiger partial charge in [0.1, 0.15) is 5.69 Å². The van der Waals surface area contributed by atoms with Crippen molar-refractivity contribution in [3.05, 3.63) is 57.4 Å². The van der Waals surface area contributed by atoms with Gasteiger partial charge in [-0.3, -0.25) is 19.6 Å². The van der Waals surface area contributed by atoms with Gasteiger partial charge < -0.3 is 10.0 Å². The number of benzene rings is 1. The number of nitro groups is 1. The first-order valence-electron chi connectivity index (χ1n) is 7.07. The standard InChI is InChI=1S/C15H18N4O4/c1-11-13(19(22)23)14(17(2)16-11)15(21)18(8-9-20)10-12-6-4-3-5-7-12/h3-7,20H,8-10H2,1-2H3. The van der Waals surface area contributed by atoms with Crippen LogP contribution in [0.25, 0.3) is 0 Å². The number of carbonyl (C=O) groups is 1. The number of aromatic nitrogens is 2. The van der Waals surface area contributed by atoms with Crippen molar-refractivity contribution < 1.29 is 14.8 Å². The SMILES string of the molecule is Cc1nn(C)c(C(=O)N(CCO)Cc2ccccc2)c1[N+](=O)[O-]. The van der Waals surface area contributed by atoms with Crippen molar-refractivity contribution in [3.8, 4) is 0 Å². The fraction of sp³-hybridized carbons (Fsp3) is 0.333. The highest BCUT2D eigenvalue weighted by atomic mass is 16.6. The molecule has 2 aromatic rings. The summed E-state index contributed by atoms with van der Waals surface area (Å²) in [7, 11) is 1.49. The Labute approximate surface area is 133 Å². The van der Waals surface area contributed by atoms with Gasteiger partial charge in [-0.1, -0.05) is 30.3 Å². The molecule has 23 heavy (non-hydrogen) atoms. The van der Waals surface area contributed by atoms with Crippen LogP contribution in [-0.4, -0.2) is 43.8 Å². The molecule has 0 aliphatic rings. The van der Waals surface area contributed by atoms with Gasteiger partial charge in [0, 0.05) is 20.1 Å². The number of amides is 1. The summed E-state index contributed by atoms with van der Waals surface area (Å²) in [6.07, 6.45) is 0. The molecule has 1 heterocycles. The van der Waals surface area contributed by atoms with E-state index < -0.39 is 10.8 Å². The highest BCUT2D eigenvalue weighted by Gasteiger charge is 2.32. The van der Waals surface area contributed by atoms with Crippen LogP contribution >= 0.6 is 0 Å². The summed E-state index contributed by atoms with van der Waals surface area (Å²) in [5.74, 6) is -0.530. The second kappa shape index (κ2) is 7.01. The van der Waals surface area contributed by atoms with Crippen LogP contribution in [0.1, 0.15) is 21.7 Å². The molecule has 0 fully saturated rings. The predicted molar refractivity (Wildman–Crippen MR) is 82.9 cm³/mol. The zero-order valence-electron chi connectivity index (χ0n) is 13.0. The number of hydrogen-bond donors (Lipinski definition) is 1. The fourth-order valence-corrected chi connectivity index (χ4v) is 2.43. The molecule has 0 aliphatic heterocycles. The average molecular weight is 318 g/mol. The van der Waals surface area contributed by atoms with Gasteiger partial charge in [-0.2, -0.15) is 5.10 Å². The molecule has 0 spiro atoms. The molecule has 0 radical (unpaired) electrons. The number of nitrogens with zero attached hydrogens (tertiary/aromatic N) is 4. The molecule has 1 amide bonds. The Bertz CT molecular complexity index is 712. The molecular weight excluding hydrogens is 300 g/mol. The molecule has 1 aromatic carbocycles. The minimum absolute atomic E-state index is 0.0785. The zero-order chi connectivity index (χ0) is 17.0. The van der Waals surface area contributed by atoms with Crippen LogP contribution in [0.3, 0.4) is 0 Å². The van der Waals surface area contributed by atoms with E-state index in [1.807, 2.05) is 30.3 Å². The normalized spacial score (nSPS) is 10.6. The van der Waals surface area contributed by atoms with Crippen LogP contribution in [-0.2, 0) is 13.6 Å². The highest BCUT2D eigenvalue weighted by molar-refractivity contribution is 5.96. The Balaban J connectivity index is 2.37. The lowest BCUT2D eigenvalue weighted by Gasteiger charge is -2.21. The molecule has 0 atom stereocenters. The van der Waals surface area contributed by atoms with E-state index in [1.54, 1.807) is 0 Å². The van der Waals surface area contributed by atoms with Crippen molar-refractivity contribution in [3.63, 3.8) is 0 Å². The first-order valence-corrected chi connectivity index (χ1v) is 7.07. The molecule has 1 aromatic heterocycles. The van der Waals surface area contributed by atoms with Crippen LogP contribution in [0.2, 0.25) is 0 Å². The lowest BCUT2D eigenvalue weighted by atomic mass is 10.2. The highest BCUT2D eigenvalue weighted by Crippen LogP contribution is 2.24. The van der Waals surface area contributed by atoms with E-state index in [4.69, 9.17) is 0 Å².